The van der Waals surface area contributed by atoms with Crippen molar-refractivity contribution in [3.8, 4) is 11.5 Å². The van der Waals surface area contributed by atoms with E-state index in [4.69, 9.17) is 0 Å². The molecule has 0 spiro atoms. The minimum absolute atomic E-state index is 0.412. The summed E-state index contributed by atoms with van der Waals surface area (Å²) in [6.45, 7) is 0. The molecule has 0 aliphatic heterocycles. The minimum Gasteiger partial charge on any atom is -0.257 e. The summed E-state index contributed by atoms with van der Waals surface area (Å²) in [4.78, 5) is 7.30. The van der Waals surface area contributed by atoms with Crippen LogP contribution in [0.15, 0.2) is 18.2 Å². The third-order valence-corrected chi connectivity index (χ3v) is 1.33. The van der Waals surface area contributed by atoms with Crippen LogP contribution in [-0.2, 0) is 0 Å². The van der Waals surface area contributed by atoms with Crippen molar-refractivity contribution in [2.45, 2.75) is 0 Å². The topological polar surface area (TPSA) is 54.5 Å². The second-order valence-electron chi connectivity index (χ2n) is 2.13. The van der Waals surface area contributed by atoms with Gasteiger partial charge in [-0.15, -0.1) is 5.10 Å². The molecule has 2 rings (SSSR count). The zero-order valence-corrected chi connectivity index (χ0v) is 5.95. The predicted octanol–water partition coefficient (Wildman–Crippen LogP) is 0.806. The molecule has 0 fully saturated rings. The Bertz CT molecular complexity index is 371. The van der Waals surface area contributed by atoms with Gasteiger partial charge in [0.1, 0.15) is 5.69 Å². The van der Waals surface area contributed by atoms with Gasteiger partial charge in [0.2, 0.25) is 12.3 Å². The molecule has 1 N–H and O–H groups in total. The maximum atomic E-state index is 12.6. The summed E-state index contributed by atoms with van der Waals surface area (Å²) >= 11 is 0. The van der Waals surface area contributed by atoms with E-state index in [9.17, 15) is 4.39 Å². The highest BCUT2D eigenvalue weighted by Gasteiger charge is 2.02. The Labute approximate surface area is 67.5 Å². The summed E-state index contributed by atoms with van der Waals surface area (Å²) in [7, 11) is 0. The van der Waals surface area contributed by atoms with Crippen LogP contribution in [0.3, 0.4) is 0 Å². The number of H-pyrrole nitrogens is 1. The number of hydrogen-bond donors (Lipinski definition) is 1. The predicted molar refractivity (Wildman–Crippen MR) is 38.4 cm³/mol. The summed E-state index contributed by atoms with van der Waals surface area (Å²) in [5.74, 6) is -0.126. The number of aromatic amines is 1. The first-order valence-corrected chi connectivity index (χ1v) is 3.27. The fourth-order valence-corrected chi connectivity index (χ4v) is 0.833. The molecule has 0 saturated heterocycles. The SMILES string of the molecule is Fc1cccc(-c2n[c]n[nH]2)n1. The molecule has 0 bridgehead atoms. The molecular formula is C7H4FN4. The zero-order valence-electron chi connectivity index (χ0n) is 5.95. The average Bonchev–Trinajstić information content (AvgIpc) is 2.56. The van der Waals surface area contributed by atoms with E-state index < -0.39 is 5.95 Å². The molecule has 0 amide bonds. The maximum absolute atomic E-state index is 12.6. The Balaban J connectivity index is 2.48. The van der Waals surface area contributed by atoms with Gasteiger partial charge in [-0.05, 0) is 12.1 Å². The normalized spacial score (nSPS) is 10.1. The average molecular weight is 163 g/mol. The first-order valence-electron chi connectivity index (χ1n) is 3.27. The fraction of sp³-hybridized carbons (Fsp3) is 0. The van der Waals surface area contributed by atoms with Crippen molar-refractivity contribution in [1.82, 2.24) is 20.2 Å². The molecule has 59 valence electrons. The van der Waals surface area contributed by atoms with Gasteiger partial charge in [-0.2, -0.15) is 4.39 Å². The number of halogens is 1. The van der Waals surface area contributed by atoms with E-state index in [0.29, 0.717) is 11.5 Å². The molecule has 0 aliphatic rings. The van der Waals surface area contributed by atoms with Gasteiger partial charge in [0.05, 0.1) is 0 Å². The molecule has 0 unspecified atom stereocenters. The lowest BCUT2D eigenvalue weighted by Gasteiger charge is -1.92. The van der Waals surface area contributed by atoms with Crippen molar-refractivity contribution in [3.63, 3.8) is 0 Å². The summed E-state index contributed by atoms with van der Waals surface area (Å²) in [6.07, 6.45) is 2.33. The van der Waals surface area contributed by atoms with Crippen LogP contribution in [0.2, 0.25) is 0 Å². The Morgan fingerprint density at radius 2 is 2.33 bits per heavy atom. The van der Waals surface area contributed by atoms with Gasteiger partial charge in [-0.3, -0.25) is 5.10 Å². The van der Waals surface area contributed by atoms with E-state index >= 15 is 0 Å². The van der Waals surface area contributed by atoms with E-state index in [2.05, 4.69) is 26.5 Å². The van der Waals surface area contributed by atoms with Gasteiger partial charge in [0, 0.05) is 0 Å². The van der Waals surface area contributed by atoms with E-state index in [1.165, 1.54) is 6.07 Å². The van der Waals surface area contributed by atoms with Crippen LogP contribution >= 0.6 is 0 Å². The van der Waals surface area contributed by atoms with Crippen LogP contribution < -0.4 is 0 Å². The van der Waals surface area contributed by atoms with Crippen molar-refractivity contribution in [1.29, 1.82) is 0 Å². The molecule has 1 radical (unpaired) electrons. The second-order valence-corrected chi connectivity index (χ2v) is 2.13. The summed E-state index contributed by atoms with van der Waals surface area (Å²) in [6, 6.07) is 4.46. The quantitative estimate of drug-likeness (QED) is 0.633. The van der Waals surface area contributed by atoms with Crippen molar-refractivity contribution >= 4 is 0 Å². The number of pyridine rings is 1. The van der Waals surface area contributed by atoms with Gasteiger partial charge in [-0.25, -0.2) is 9.97 Å². The van der Waals surface area contributed by atoms with Crippen LogP contribution in [0.1, 0.15) is 0 Å². The van der Waals surface area contributed by atoms with Crippen molar-refractivity contribution in [2.24, 2.45) is 0 Å². The highest BCUT2D eigenvalue weighted by Crippen LogP contribution is 2.09. The fourth-order valence-electron chi connectivity index (χ4n) is 0.833. The number of rotatable bonds is 1. The molecule has 0 atom stereocenters. The molecule has 0 aliphatic carbocycles. The van der Waals surface area contributed by atoms with Gasteiger partial charge in [0.15, 0.2) is 5.82 Å². The Morgan fingerprint density at radius 1 is 1.42 bits per heavy atom. The lowest BCUT2D eigenvalue weighted by atomic mass is 10.3. The molecule has 0 aromatic carbocycles. The zero-order chi connectivity index (χ0) is 8.39. The molecule has 12 heavy (non-hydrogen) atoms. The summed E-state index contributed by atoms with van der Waals surface area (Å²) in [5, 5.41) is 6.04. The number of nitrogens with one attached hydrogen (secondary N) is 1. The van der Waals surface area contributed by atoms with E-state index in [1.807, 2.05) is 0 Å². The Kier molecular flexibility index (Phi) is 1.55. The van der Waals surface area contributed by atoms with Gasteiger partial charge >= 0.3 is 0 Å². The first-order chi connectivity index (χ1) is 5.86. The Morgan fingerprint density at radius 3 is 3.00 bits per heavy atom. The largest absolute Gasteiger partial charge is 0.257 e. The van der Waals surface area contributed by atoms with Crippen molar-refractivity contribution in [2.75, 3.05) is 0 Å². The van der Waals surface area contributed by atoms with E-state index in [1.54, 1.807) is 12.1 Å². The minimum atomic E-state index is -0.538. The number of hydrogen-bond acceptors (Lipinski definition) is 3. The van der Waals surface area contributed by atoms with Crippen LogP contribution in [0.25, 0.3) is 11.5 Å². The standard InChI is InChI=1S/C7H4FN4/c8-6-3-1-2-5(11-6)7-9-4-10-12-7/h1-3H,(H,9,10,12). The highest BCUT2D eigenvalue weighted by molar-refractivity contribution is 5.46. The lowest BCUT2D eigenvalue weighted by molar-refractivity contribution is 0.585. The smallest absolute Gasteiger partial charge is 0.221 e. The molecule has 2 heterocycles. The van der Waals surface area contributed by atoms with Gasteiger partial charge in [-0.1, -0.05) is 6.07 Å². The van der Waals surface area contributed by atoms with Crippen LogP contribution in [0.5, 0.6) is 0 Å². The highest BCUT2D eigenvalue weighted by atomic mass is 19.1. The molecule has 5 heteroatoms. The Hall–Kier alpha value is -1.78. The van der Waals surface area contributed by atoms with E-state index in [0.717, 1.165) is 0 Å². The van der Waals surface area contributed by atoms with E-state index in [-0.39, 0.29) is 0 Å². The third-order valence-electron chi connectivity index (χ3n) is 1.33. The molecule has 2 aromatic rings. The van der Waals surface area contributed by atoms with Crippen LogP contribution in [0, 0.1) is 12.3 Å². The molecule has 0 saturated carbocycles. The molecule has 2 aromatic heterocycles. The maximum Gasteiger partial charge on any atom is 0.221 e. The van der Waals surface area contributed by atoms with Gasteiger partial charge in [0.25, 0.3) is 0 Å². The summed E-state index contributed by atoms with van der Waals surface area (Å²) in [5.41, 5.74) is 0.420. The molecular weight excluding hydrogens is 159 g/mol. The van der Waals surface area contributed by atoms with Crippen molar-refractivity contribution < 1.29 is 4.39 Å². The number of nitrogens with zero attached hydrogens (tertiary/aromatic N) is 3. The van der Waals surface area contributed by atoms with Gasteiger partial charge < -0.3 is 0 Å². The van der Waals surface area contributed by atoms with Crippen molar-refractivity contribution in [3.05, 3.63) is 30.5 Å². The lowest BCUT2D eigenvalue weighted by Crippen LogP contribution is -1.88. The van der Waals surface area contributed by atoms with Crippen LogP contribution in [-0.4, -0.2) is 20.2 Å². The molecule has 4 nitrogen and oxygen atoms in total. The van der Waals surface area contributed by atoms with Crippen LogP contribution in [0.4, 0.5) is 4.39 Å². The second kappa shape index (κ2) is 2.69. The first kappa shape index (κ1) is 6.90. The monoisotopic (exact) mass is 163 g/mol. The third kappa shape index (κ3) is 1.16. The number of aromatic nitrogens is 4. The summed E-state index contributed by atoms with van der Waals surface area (Å²) < 4.78 is 12.6.